The number of hydrogen-bond acceptors (Lipinski definition) is 5. The summed E-state index contributed by atoms with van der Waals surface area (Å²) in [6, 6.07) is 19.2. The van der Waals surface area contributed by atoms with Crippen LogP contribution in [0.25, 0.3) is 0 Å². The fourth-order valence-electron chi connectivity index (χ4n) is 3.51. The van der Waals surface area contributed by atoms with Crippen LogP contribution in [0.15, 0.2) is 71.6 Å². The van der Waals surface area contributed by atoms with Crippen molar-refractivity contribution in [2.24, 2.45) is 5.73 Å². The molecule has 3 aromatic carbocycles. The summed E-state index contributed by atoms with van der Waals surface area (Å²) in [5.41, 5.74) is 8.27. The van der Waals surface area contributed by atoms with E-state index < -0.39 is 22.5 Å². The molecular formula is C25H27Cl2N3O4S. The first kappa shape index (κ1) is 27.0. The number of amides is 1. The third kappa shape index (κ3) is 6.96. The Morgan fingerprint density at radius 1 is 0.971 bits per heavy atom. The van der Waals surface area contributed by atoms with Crippen LogP contribution in [0.4, 0.5) is 0 Å². The molecule has 0 aliphatic rings. The molecular weight excluding hydrogens is 509 g/mol. The molecule has 35 heavy (non-hydrogen) atoms. The Morgan fingerprint density at radius 3 is 2.23 bits per heavy atom. The largest absolute Gasteiger partial charge is 0.496 e. The number of nitrogens with zero attached hydrogens (tertiary/aromatic N) is 1. The van der Waals surface area contributed by atoms with Crippen molar-refractivity contribution in [3.63, 3.8) is 0 Å². The number of halogens is 2. The molecule has 0 fully saturated rings. The van der Waals surface area contributed by atoms with E-state index in [1.165, 1.54) is 12.1 Å². The lowest BCUT2D eigenvalue weighted by Gasteiger charge is -2.23. The Hall–Kier alpha value is -2.62. The van der Waals surface area contributed by atoms with Crippen LogP contribution in [0.5, 0.6) is 5.75 Å². The first-order valence-electron chi connectivity index (χ1n) is 10.9. The van der Waals surface area contributed by atoms with Crippen LogP contribution in [0.2, 0.25) is 10.0 Å². The average Bonchev–Trinajstić information content (AvgIpc) is 2.85. The van der Waals surface area contributed by atoms with Gasteiger partial charge in [0.15, 0.2) is 0 Å². The summed E-state index contributed by atoms with van der Waals surface area (Å²) in [6.07, 6.45) is 0.319. The van der Waals surface area contributed by atoms with Crippen molar-refractivity contribution in [3.05, 3.63) is 93.5 Å². The van der Waals surface area contributed by atoms with Crippen LogP contribution >= 0.6 is 23.2 Å². The minimum atomic E-state index is -4.19. The molecule has 7 nitrogen and oxygen atoms in total. The standard InChI is InChI=1S/C25H27Cl2N3O4S/c1-34-23-8-3-2-5-20(23)13-14-30(35(32,33)25-21(26)6-4-7-22(25)27)17-24(31)29-16-19-11-9-18(15-28)10-12-19/h2-12H,13-17,28H2,1H3,(H,29,31). The van der Waals surface area contributed by atoms with Crippen molar-refractivity contribution in [3.8, 4) is 5.75 Å². The molecule has 0 saturated carbocycles. The smallest absolute Gasteiger partial charge is 0.246 e. The van der Waals surface area contributed by atoms with Crippen molar-refractivity contribution in [2.75, 3.05) is 20.2 Å². The topological polar surface area (TPSA) is 102 Å². The normalized spacial score (nSPS) is 11.5. The lowest BCUT2D eigenvalue weighted by molar-refractivity contribution is -0.121. The molecule has 186 valence electrons. The highest BCUT2D eigenvalue weighted by molar-refractivity contribution is 7.89. The molecule has 10 heteroatoms. The van der Waals surface area contributed by atoms with Gasteiger partial charge in [-0.15, -0.1) is 0 Å². The minimum Gasteiger partial charge on any atom is -0.496 e. The maximum atomic E-state index is 13.6. The van der Waals surface area contributed by atoms with Crippen molar-refractivity contribution < 1.29 is 17.9 Å². The molecule has 0 aromatic heterocycles. The zero-order valence-corrected chi connectivity index (χ0v) is 21.5. The minimum absolute atomic E-state index is 0.0137. The monoisotopic (exact) mass is 535 g/mol. The van der Waals surface area contributed by atoms with E-state index in [-0.39, 0.29) is 28.0 Å². The number of rotatable bonds is 11. The van der Waals surface area contributed by atoms with E-state index in [9.17, 15) is 13.2 Å². The number of benzene rings is 3. The summed E-state index contributed by atoms with van der Waals surface area (Å²) >= 11 is 12.4. The van der Waals surface area contributed by atoms with Crippen molar-refractivity contribution in [1.82, 2.24) is 9.62 Å². The number of para-hydroxylation sites is 1. The van der Waals surface area contributed by atoms with Crippen LogP contribution in [0.3, 0.4) is 0 Å². The van der Waals surface area contributed by atoms with Crippen LogP contribution in [-0.4, -0.2) is 38.8 Å². The predicted octanol–water partition coefficient (Wildman–Crippen LogP) is 4.01. The first-order chi connectivity index (χ1) is 16.8. The number of methoxy groups -OCH3 is 1. The van der Waals surface area contributed by atoms with Crippen LogP contribution in [-0.2, 0) is 34.3 Å². The number of nitrogens with two attached hydrogens (primary N) is 1. The molecule has 0 spiro atoms. The number of carbonyl (C=O) groups is 1. The molecule has 1 amide bonds. The molecule has 0 aliphatic heterocycles. The van der Waals surface area contributed by atoms with Gasteiger partial charge in [-0.1, -0.05) is 71.7 Å². The molecule has 3 aromatic rings. The molecule has 0 saturated heterocycles. The van der Waals surface area contributed by atoms with E-state index in [1.807, 2.05) is 42.5 Å². The van der Waals surface area contributed by atoms with Gasteiger partial charge in [0, 0.05) is 19.6 Å². The van der Waals surface area contributed by atoms with Crippen LogP contribution < -0.4 is 15.8 Å². The number of nitrogens with one attached hydrogen (secondary N) is 1. The van der Waals surface area contributed by atoms with Gasteiger partial charge in [-0.3, -0.25) is 4.79 Å². The summed E-state index contributed by atoms with van der Waals surface area (Å²) in [6.45, 7) is 0.288. The zero-order chi connectivity index (χ0) is 25.4. The molecule has 0 atom stereocenters. The van der Waals surface area contributed by atoms with Crippen LogP contribution in [0, 0.1) is 0 Å². The number of ether oxygens (including phenoxy) is 1. The van der Waals surface area contributed by atoms with E-state index in [0.29, 0.717) is 18.7 Å². The average molecular weight is 536 g/mol. The van der Waals surface area contributed by atoms with Crippen molar-refractivity contribution in [2.45, 2.75) is 24.4 Å². The summed E-state index contributed by atoms with van der Waals surface area (Å²) in [7, 11) is -2.64. The Kier molecular flexibility index (Phi) is 9.54. The fraction of sp³-hybridized carbons (Fsp3) is 0.240. The van der Waals surface area contributed by atoms with Gasteiger partial charge in [0.25, 0.3) is 0 Å². The zero-order valence-electron chi connectivity index (χ0n) is 19.2. The lowest BCUT2D eigenvalue weighted by atomic mass is 10.1. The molecule has 3 rings (SSSR count). The van der Waals surface area contributed by atoms with Crippen LogP contribution in [0.1, 0.15) is 16.7 Å². The van der Waals surface area contributed by atoms with E-state index >= 15 is 0 Å². The second kappa shape index (κ2) is 12.4. The summed E-state index contributed by atoms with van der Waals surface area (Å²) in [4.78, 5) is 12.6. The molecule has 0 aliphatic carbocycles. The van der Waals surface area contributed by atoms with Crippen molar-refractivity contribution >= 4 is 39.1 Å². The molecule has 3 N–H and O–H groups in total. The van der Waals surface area contributed by atoms with Gasteiger partial charge in [0.05, 0.1) is 23.7 Å². The Morgan fingerprint density at radius 2 is 1.60 bits per heavy atom. The van der Waals surface area contributed by atoms with E-state index in [4.69, 9.17) is 33.7 Å². The first-order valence-corrected chi connectivity index (χ1v) is 13.1. The second-order valence-electron chi connectivity index (χ2n) is 7.75. The van der Waals surface area contributed by atoms with Gasteiger partial charge in [-0.2, -0.15) is 4.31 Å². The Labute approximate surface area is 215 Å². The number of sulfonamides is 1. The molecule has 0 unspecified atom stereocenters. The number of carbonyl (C=O) groups excluding carboxylic acids is 1. The molecule has 0 radical (unpaired) electrons. The highest BCUT2D eigenvalue weighted by atomic mass is 35.5. The maximum absolute atomic E-state index is 13.6. The maximum Gasteiger partial charge on any atom is 0.246 e. The third-order valence-electron chi connectivity index (χ3n) is 5.41. The van der Waals surface area contributed by atoms with E-state index in [0.717, 1.165) is 21.0 Å². The van der Waals surface area contributed by atoms with Gasteiger partial charge in [0.2, 0.25) is 15.9 Å². The quantitative estimate of drug-likeness (QED) is 0.386. The summed E-state index contributed by atoms with van der Waals surface area (Å²) < 4.78 is 33.6. The highest BCUT2D eigenvalue weighted by Crippen LogP contribution is 2.32. The van der Waals surface area contributed by atoms with Gasteiger partial charge in [-0.25, -0.2) is 8.42 Å². The van der Waals surface area contributed by atoms with E-state index in [1.54, 1.807) is 19.2 Å². The summed E-state index contributed by atoms with van der Waals surface area (Å²) in [5.74, 6) is 0.172. The van der Waals surface area contributed by atoms with Gasteiger partial charge >= 0.3 is 0 Å². The Bertz CT molecular complexity index is 1250. The van der Waals surface area contributed by atoms with Gasteiger partial charge in [0.1, 0.15) is 10.6 Å². The Balaban J connectivity index is 1.81. The summed E-state index contributed by atoms with van der Waals surface area (Å²) in [5, 5.41) is 2.75. The SMILES string of the molecule is COc1ccccc1CCN(CC(=O)NCc1ccc(CN)cc1)S(=O)(=O)c1c(Cl)cccc1Cl. The van der Waals surface area contributed by atoms with Crippen molar-refractivity contribution in [1.29, 1.82) is 0 Å². The molecule has 0 bridgehead atoms. The molecule has 0 heterocycles. The lowest BCUT2D eigenvalue weighted by Crippen LogP contribution is -2.41. The highest BCUT2D eigenvalue weighted by Gasteiger charge is 2.30. The van der Waals surface area contributed by atoms with Gasteiger partial charge in [-0.05, 0) is 41.3 Å². The second-order valence-corrected chi connectivity index (χ2v) is 10.4. The predicted molar refractivity (Wildman–Crippen MR) is 138 cm³/mol. The number of hydrogen-bond donors (Lipinski definition) is 2. The third-order valence-corrected chi connectivity index (χ3v) is 8.21. The van der Waals surface area contributed by atoms with Gasteiger partial charge < -0.3 is 15.8 Å². The van der Waals surface area contributed by atoms with E-state index in [2.05, 4.69) is 5.32 Å². The fourth-order valence-corrected chi connectivity index (χ4v) is 6.00.